The fourth-order valence-corrected chi connectivity index (χ4v) is 2.68. The van der Waals surface area contributed by atoms with Gasteiger partial charge in [-0.05, 0) is 29.3 Å². The molecule has 0 radical (unpaired) electrons. The molecule has 24 heavy (non-hydrogen) atoms. The largest absolute Gasteiger partial charge is 0.358 e. The van der Waals surface area contributed by atoms with Crippen molar-refractivity contribution in [1.29, 1.82) is 0 Å². The van der Waals surface area contributed by atoms with Gasteiger partial charge in [0.05, 0.1) is 6.54 Å². The lowest BCUT2D eigenvalue weighted by molar-refractivity contribution is -0.392. The number of pyridine rings is 1. The van der Waals surface area contributed by atoms with Gasteiger partial charge in [0.2, 0.25) is 0 Å². The van der Waals surface area contributed by atoms with E-state index in [9.17, 15) is 10.1 Å². The monoisotopic (exact) mass is 345 g/mol. The summed E-state index contributed by atoms with van der Waals surface area (Å²) < 4.78 is 5.55. The van der Waals surface area contributed by atoms with Gasteiger partial charge in [-0.1, -0.05) is 0 Å². The van der Waals surface area contributed by atoms with Crippen LogP contribution in [0.25, 0.3) is 11.4 Å². The molecule has 0 unspecified atom stereocenters. The van der Waals surface area contributed by atoms with Gasteiger partial charge in [0, 0.05) is 31.9 Å². The summed E-state index contributed by atoms with van der Waals surface area (Å²) in [5.74, 6) is 1.27. The predicted molar refractivity (Wildman–Crippen MR) is 88.9 cm³/mol. The normalized spacial score (nSPS) is 10.9. The van der Waals surface area contributed by atoms with Gasteiger partial charge in [0.1, 0.15) is 12.7 Å². The second-order valence-electron chi connectivity index (χ2n) is 5.20. The summed E-state index contributed by atoms with van der Waals surface area (Å²) in [5.41, 5.74) is 0.905. The summed E-state index contributed by atoms with van der Waals surface area (Å²) in [6, 6.07) is 3.71. The minimum absolute atomic E-state index is 0.0377. The van der Waals surface area contributed by atoms with Crippen molar-refractivity contribution in [2.75, 3.05) is 0 Å². The molecule has 0 aromatic carbocycles. The topological polar surface area (TPSA) is 96.6 Å². The van der Waals surface area contributed by atoms with Crippen LogP contribution in [0.2, 0.25) is 0 Å². The van der Waals surface area contributed by atoms with Gasteiger partial charge >= 0.3 is 5.82 Å². The molecule has 0 atom stereocenters. The van der Waals surface area contributed by atoms with Gasteiger partial charge in [-0.15, -0.1) is 0 Å². The molecule has 0 N–H and O–H groups in total. The van der Waals surface area contributed by atoms with Crippen LogP contribution in [0.4, 0.5) is 5.82 Å². The molecule has 3 aromatic rings. The van der Waals surface area contributed by atoms with Crippen LogP contribution in [-0.2, 0) is 20.1 Å². The Labute approximate surface area is 142 Å². The summed E-state index contributed by atoms with van der Waals surface area (Å²) in [4.78, 5) is 18.6. The first-order chi connectivity index (χ1) is 11.5. The molecule has 3 rings (SSSR count). The highest BCUT2D eigenvalue weighted by molar-refractivity contribution is 7.71. The molecule has 0 saturated heterocycles. The third-order valence-corrected chi connectivity index (χ3v) is 4.22. The number of nitro groups is 1. The number of hydrogen-bond acceptors (Lipinski definition) is 6. The zero-order valence-corrected chi connectivity index (χ0v) is 14.0. The average molecular weight is 345 g/mol. The molecule has 9 nitrogen and oxygen atoms in total. The van der Waals surface area contributed by atoms with Crippen molar-refractivity contribution in [3.63, 3.8) is 0 Å². The smallest absolute Gasteiger partial charge is 0.342 e. The van der Waals surface area contributed by atoms with Gasteiger partial charge < -0.3 is 14.7 Å². The Hall–Kier alpha value is -2.88. The van der Waals surface area contributed by atoms with E-state index in [0.717, 1.165) is 11.4 Å². The predicted octanol–water partition coefficient (Wildman–Crippen LogP) is 2.13. The third kappa shape index (κ3) is 2.83. The van der Waals surface area contributed by atoms with Crippen molar-refractivity contribution >= 4 is 18.0 Å². The number of aryl methyl sites for hydroxylation is 2. The number of nitrogens with zero attached hydrogens (tertiary/aromatic N) is 7. The van der Waals surface area contributed by atoms with Crippen LogP contribution in [0, 0.1) is 21.8 Å². The molecular weight excluding hydrogens is 330 g/mol. The maximum absolute atomic E-state index is 11.0. The van der Waals surface area contributed by atoms with Crippen LogP contribution in [0.3, 0.4) is 0 Å². The average Bonchev–Trinajstić information content (AvgIpc) is 3.08. The summed E-state index contributed by atoms with van der Waals surface area (Å²) in [5, 5.41) is 15.6. The van der Waals surface area contributed by atoms with Gasteiger partial charge in [0.25, 0.3) is 0 Å². The molecule has 0 saturated carbocycles. The lowest BCUT2D eigenvalue weighted by atomic mass is 10.2. The van der Waals surface area contributed by atoms with Crippen molar-refractivity contribution in [1.82, 2.24) is 28.9 Å². The van der Waals surface area contributed by atoms with E-state index in [1.807, 2.05) is 19.2 Å². The second-order valence-corrected chi connectivity index (χ2v) is 5.56. The van der Waals surface area contributed by atoms with E-state index in [1.165, 1.54) is 6.20 Å². The number of imidazole rings is 1. The van der Waals surface area contributed by atoms with E-state index in [0.29, 0.717) is 23.7 Å². The SMILES string of the molecule is Cc1ncc([N+](=O)[O-])n1CCn1nc(-c2ccncc2)n(C)c1=S. The Bertz CT molecular complexity index is 942. The Kier molecular flexibility index (Phi) is 4.21. The molecule has 0 aliphatic rings. The minimum Gasteiger partial charge on any atom is -0.358 e. The van der Waals surface area contributed by atoms with E-state index in [-0.39, 0.29) is 5.82 Å². The van der Waals surface area contributed by atoms with Gasteiger partial charge in [-0.3, -0.25) is 4.98 Å². The summed E-state index contributed by atoms with van der Waals surface area (Å²) >= 11 is 5.42. The number of hydrogen-bond donors (Lipinski definition) is 0. The highest BCUT2D eigenvalue weighted by Gasteiger charge is 2.18. The third-order valence-electron chi connectivity index (χ3n) is 3.74. The lowest BCUT2D eigenvalue weighted by Gasteiger charge is -2.03. The van der Waals surface area contributed by atoms with Crippen LogP contribution < -0.4 is 0 Å². The Balaban J connectivity index is 1.89. The van der Waals surface area contributed by atoms with Crippen LogP contribution in [0.1, 0.15) is 5.82 Å². The van der Waals surface area contributed by atoms with Crippen molar-refractivity contribution in [2.45, 2.75) is 20.0 Å². The maximum Gasteiger partial charge on any atom is 0.342 e. The van der Waals surface area contributed by atoms with E-state index >= 15 is 0 Å². The molecule has 0 fully saturated rings. The number of aromatic nitrogens is 6. The summed E-state index contributed by atoms with van der Waals surface area (Å²) in [6.07, 6.45) is 4.64. The quantitative estimate of drug-likeness (QED) is 0.399. The van der Waals surface area contributed by atoms with Crippen LogP contribution in [0.5, 0.6) is 0 Å². The maximum atomic E-state index is 11.0. The molecule has 0 aliphatic carbocycles. The zero-order chi connectivity index (χ0) is 17.3. The standard InChI is InChI=1S/C14H15N7O2S/c1-10-16-9-12(21(22)23)19(10)7-8-20-14(24)18(2)13(17-20)11-3-5-15-6-4-11/h3-6,9H,7-8H2,1-2H3. The van der Waals surface area contributed by atoms with Crippen molar-refractivity contribution in [2.24, 2.45) is 7.05 Å². The number of rotatable bonds is 5. The Morgan fingerprint density at radius 2 is 2.00 bits per heavy atom. The van der Waals surface area contributed by atoms with Crippen molar-refractivity contribution < 1.29 is 4.92 Å². The van der Waals surface area contributed by atoms with Crippen molar-refractivity contribution in [3.8, 4) is 11.4 Å². The Morgan fingerprint density at radius 3 is 2.67 bits per heavy atom. The fourth-order valence-electron chi connectivity index (χ4n) is 2.46. The van der Waals surface area contributed by atoms with Crippen molar-refractivity contribution in [3.05, 3.63) is 51.4 Å². The van der Waals surface area contributed by atoms with Gasteiger partial charge in [-0.2, -0.15) is 5.10 Å². The van der Waals surface area contributed by atoms with Crippen LogP contribution in [-0.4, -0.2) is 33.8 Å². The molecule has 3 aromatic heterocycles. The van der Waals surface area contributed by atoms with E-state index < -0.39 is 4.92 Å². The molecule has 0 aliphatic heterocycles. The molecule has 10 heteroatoms. The molecule has 0 spiro atoms. The summed E-state index contributed by atoms with van der Waals surface area (Å²) in [6.45, 7) is 2.51. The fraction of sp³-hybridized carbons (Fsp3) is 0.286. The first kappa shape index (κ1) is 16.0. The second kappa shape index (κ2) is 6.32. The lowest BCUT2D eigenvalue weighted by Crippen LogP contribution is -2.12. The molecule has 3 heterocycles. The van der Waals surface area contributed by atoms with E-state index in [4.69, 9.17) is 12.2 Å². The minimum atomic E-state index is -0.444. The summed E-state index contributed by atoms with van der Waals surface area (Å²) in [7, 11) is 1.84. The first-order valence-corrected chi connectivity index (χ1v) is 7.60. The van der Waals surface area contributed by atoms with Crippen LogP contribution in [0.15, 0.2) is 30.7 Å². The zero-order valence-electron chi connectivity index (χ0n) is 13.2. The molecule has 0 amide bonds. The molecular formula is C14H15N7O2S. The van der Waals surface area contributed by atoms with Gasteiger partial charge in [-0.25, -0.2) is 14.2 Å². The first-order valence-electron chi connectivity index (χ1n) is 7.20. The highest BCUT2D eigenvalue weighted by atomic mass is 32.1. The molecule has 124 valence electrons. The van der Waals surface area contributed by atoms with E-state index in [1.54, 1.807) is 33.1 Å². The molecule has 0 bridgehead atoms. The highest BCUT2D eigenvalue weighted by Crippen LogP contribution is 2.17. The van der Waals surface area contributed by atoms with Crippen LogP contribution >= 0.6 is 12.2 Å². The van der Waals surface area contributed by atoms with Gasteiger partial charge in [0.15, 0.2) is 16.4 Å². The Morgan fingerprint density at radius 1 is 1.29 bits per heavy atom. The van der Waals surface area contributed by atoms with E-state index in [2.05, 4.69) is 15.1 Å².